The average molecular weight is 205 g/mol. The molecule has 4 heteroatoms. The SMILES string of the molecule is O=C(O)Cc1cccc(C2=NCCO2)c1. The zero-order chi connectivity index (χ0) is 10.7. The first-order chi connectivity index (χ1) is 7.25. The van der Waals surface area contributed by atoms with Gasteiger partial charge in [-0.1, -0.05) is 12.1 Å². The van der Waals surface area contributed by atoms with Crippen LogP contribution in [-0.2, 0) is 16.0 Å². The van der Waals surface area contributed by atoms with E-state index in [1.54, 1.807) is 12.1 Å². The Labute approximate surface area is 87.2 Å². The predicted molar refractivity (Wildman–Crippen MR) is 55.1 cm³/mol. The van der Waals surface area contributed by atoms with Gasteiger partial charge < -0.3 is 9.84 Å². The molecule has 0 radical (unpaired) electrons. The van der Waals surface area contributed by atoms with E-state index in [4.69, 9.17) is 9.84 Å². The van der Waals surface area contributed by atoms with Crippen molar-refractivity contribution in [3.8, 4) is 0 Å². The van der Waals surface area contributed by atoms with E-state index in [1.165, 1.54) is 0 Å². The van der Waals surface area contributed by atoms with Gasteiger partial charge in [-0.25, -0.2) is 4.99 Å². The van der Waals surface area contributed by atoms with Gasteiger partial charge >= 0.3 is 5.97 Å². The van der Waals surface area contributed by atoms with E-state index >= 15 is 0 Å². The van der Waals surface area contributed by atoms with E-state index in [0.29, 0.717) is 19.0 Å². The van der Waals surface area contributed by atoms with Gasteiger partial charge in [-0.15, -0.1) is 0 Å². The second-order valence-corrected chi connectivity index (χ2v) is 3.31. The van der Waals surface area contributed by atoms with Crippen LogP contribution < -0.4 is 0 Å². The molecule has 1 aromatic rings. The predicted octanol–water partition coefficient (Wildman–Crippen LogP) is 1.09. The minimum Gasteiger partial charge on any atom is -0.481 e. The molecular formula is C11H11NO3. The van der Waals surface area contributed by atoms with Crippen molar-refractivity contribution in [2.75, 3.05) is 13.2 Å². The van der Waals surface area contributed by atoms with E-state index < -0.39 is 5.97 Å². The summed E-state index contributed by atoms with van der Waals surface area (Å²) in [6, 6.07) is 7.28. The maximum atomic E-state index is 10.5. The van der Waals surface area contributed by atoms with Crippen LogP contribution >= 0.6 is 0 Å². The maximum absolute atomic E-state index is 10.5. The smallest absolute Gasteiger partial charge is 0.307 e. The average Bonchev–Trinajstić information content (AvgIpc) is 2.69. The highest BCUT2D eigenvalue weighted by molar-refractivity contribution is 5.95. The lowest BCUT2D eigenvalue weighted by Gasteiger charge is -2.03. The first-order valence-corrected chi connectivity index (χ1v) is 4.74. The van der Waals surface area contributed by atoms with E-state index in [0.717, 1.165) is 11.1 Å². The lowest BCUT2D eigenvalue weighted by atomic mass is 10.1. The standard InChI is InChI=1S/C11H11NO3/c13-10(14)7-8-2-1-3-9(6-8)11-12-4-5-15-11/h1-3,6H,4-5,7H2,(H,13,14). The van der Waals surface area contributed by atoms with E-state index in [1.807, 2.05) is 12.1 Å². The van der Waals surface area contributed by atoms with Gasteiger partial charge in [-0.05, 0) is 17.7 Å². The van der Waals surface area contributed by atoms with Crippen molar-refractivity contribution in [1.29, 1.82) is 0 Å². The number of hydrogen-bond donors (Lipinski definition) is 1. The molecule has 1 N–H and O–H groups in total. The molecule has 0 unspecified atom stereocenters. The van der Waals surface area contributed by atoms with Crippen molar-refractivity contribution in [3.63, 3.8) is 0 Å². The Hall–Kier alpha value is -1.84. The van der Waals surface area contributed by atoms with E-state index in [-0.39, 0.29) is 6.42 Å². The molecule has 78 valence electrons. The van der Waals surface area contributed by atoms with E-state index in [9.17, 15) is 4.79 Å². The van der Waals surface area contributed by atoms with Crippen LogP contribution in [-0.4, -0.2) is 30.1 Å². The van der Waals surface area contributed by atoms with Gasteiger partial charge in [0.2, 0.25) is 5.90 Å². The zero-order valence-corrected chi connectivity index (χ0v) is 8.14. The van der Waals surface area contributed by atoms with Gasteiger partial charge in [-0.2, -0.15) is 0 Å². The van der Waals surface area contributed by atoms with Gasteiger partial charge in [0.05, 0.1) is 13.0 Å². The minimum absolute atomic E-state index is 0.0289. The molecule has 0 aromatic heterocycles. The van der Waals surface area contributed by atoms with Gasteiger partial charge in [-0.3, -0.25) is 4.79 Å². The molecule has 15 heavy (non-hydrogen) atoms. The molecule has 1 aliphatic heterocycles. The highest BCUT2D eigenvalue weighted by Gasteiger charge is 2.10. The number of rotatable bonds is 3. The number of aliphatic imine (C=N–C) groups is 1. The van der Waals surface area contributed by atoms with Gasteiger partial charge in [0, 0.05) is 5.56 Å². The fourth-order valence-corrected chi connectivity index (χ4v) is 1.50. The molecular weight excluding hydrogens is 194 g/mol. The molecule has 0 saturated carbocycles. The topological polar surface area (TPSA) is 58.9 Å². The van der Waals surface area contributed by atoms with Gasteiger partial charge in [0.25, 0.3) is 0 Å². The number of benzene rings is 1. The molecule has 0 spiro atoms. The number of carbonyl (C=O) groups is 1. The molecule has 0 bridgehead atoms. The summed E-state index contributed by atoms with van der Waals surface area (Å²) in [5.41, 5.74) is 1.62. The number of hydrogen-bond acceptors (Lipinski definition) is 3. The molecule has 0 fully saturated rings. The Balaban J connectivity index is 2.22. The molecule has 2 rings (SSSR count). The van der Waals surface area contributed by atoms with Crippen molar-refractivity contribution in [3.05, 3.63) is 35.4 Å². The Bertz CT molecular complexity index is 412. The molecule has 1 heterocycles. The molecule has 1 aliphatic rings. The summed E-state index contributed by atoms with van der Waals surface area (Å²) in [4.78, 5) is 14.7. The Kier molecular flexibility index (Phi) is 2.67. The van der Waals surface area contributed by atoms with Gasteiger partial charge in [0.15, 0.2) is 0 Å². The molecule has 0 saturated heterocycles. The van der Waals surface area contributed by atoms with Crippen molar-refractivity contribution < 1.29 is 14.6 Å². The number of nitrogens with zero attached hydrogens (tertiary/aromatic N) is 1. The monoisotopic (exact) mass is 205 g/mol. The second kappa shape index (κ2) is 4.13. The van der Waals surface area contributed by atoms with Crippen LogP contribution in [0, 0.1) is 0 Å². The summed E-state index contributed by atoms with van der Waals surface area (Å²) >= 11 is 0. The summed E-state index contributed by atoms with van der Waals surface area (Å²) in [5.74, 6) is -0.219. The quantitative estimate of drug-likeness (QED) is 0.803. The van der Waals surface area contributed by atoms with Crippen molar-refractivity contribution >= 4 is 11.9 Å². The largest absolute Gasteiger partial charge is 0.481 e. The normalized spacial score (nSPS) is 14.5. The van der Waals surface area contributed by atoms with E-state index in [2.05, 4.69) is 4.99 Å². The first-order valence-electron chi connectivity index (χ1n) is 4.74. The maximum Gasteiger partial charge on any atom is 0.307 e. The Morgan fingerprint density at radius 2 is 2.40 bits per heavy atom. The van der Waals surface area contributed by atoms with Crippen LogP contribution in [0.4, 0.5) is 0 Å². The van der Waals surface area contributed by atoms with Crippen molar-refractivity contribution in [2.45, 2.75) is 6.42 Å². The van der Waals surface area contributed by atoms with Gasteiger partial charge in [0.1, 0.15) is 6.61 Å². The number of carboxylic acid groups (broad SMARTS) is 1. The highest BCUT2D eigenvalue weighted by Crippen LogP contribution is 2.10. The Morgan fingerprint density at radius 1 is 1.53 bits per heavy atom. The van der Waals surface area contributed by atoms with Crippen LogP contribution in [0.3, 0.4) is 0 Å². The first kappa shape index (κ1) is 9.71. The third kappa shape index (κ3) is 2.34. The number of ether oxygens (including phenoxy) is 1. The zero-order valence-electron chi connectivity index (χ0n) is 8.14. The number of carboxylic acids is 1. The fraction of sp³-hybridized carbons (Fsp3) is 0.273. The number of aliphatic carboxylic acids is 1. The van der Waals surface area contributed by atoms with Crippen molar-refractivity contribution in [1.82, 2.24) is 0 Å². The molecule has 4 nitrogen and oxygen atoms in total. The lowest BCUT2D eigenvalue weighted by Crippen LogP contribution is -2.04. The summed E-state index contributed by atoms with van der Waals surface area (Å²) in [6.45, 7) is 1.29. The van der Waals surface area contributed by atoms with Crippen LogP contribution in [0.25, 0.3) is 0 Å². The lowest BCUT2D eigenvalue weighted by molar-refractivity contribution is -0.136. The van der Waals surface area contributed by atoms with Crippen LogP contribution in [0.15, 0.2) is 29.3 Å². The summed E-state index contributed by atoms with van der Waals surface area (Å²) < 4.78 is 5.30. The molecule has 1 aromatic carbocycles. The van der Waals surface area contributed by atoms with Crippen LogP contribution in [0.5, 0.6) is 0 Å². The Morgan fingerprint density at radius 3 is 3.07 bits per heavy atom. The molecule has 0 atom stereocenters. The third-order valence-corrected chi connectivity index (χ3v) is 2.11. The van der Waals surface area contributed by atoms with Crippen molar-refractivity contribution in [2.24, 2.45) is 4.99 Å². The summed E-state index contributed by atoms with van der Waals surface area (Å²) in [5, 5.41) is 8.66. The summed E-state index contributed by atoms with van der Waals surface area (Å²) in [7, 11) is 0. The molecule has 0 amide bonds. The molecule has 0 aliphatic carbocycles. The second-order valence-electron chi connectivity index (χ2n) is 3.31. The van der Waals surface area contributed by atoms with Crippen LogP contribution in [0.1, 0.15) is 11.1 Å². The minimum atomic E-state index is -0.832. The highest BCUT2D eigenvalue weighted by atomic mass is 16.5. The summed E-state index contributed by atoms with van der Waals surface area (Å²) in [6.07, 6.45) is 0.0289. The fourth-order valence-electron chi connectivity index (χ4n) is 1.50. The van der Waals surface area contributed by atoms with Crippen LogP contribution in [0.2, 0.25) is 0 Å². The third-order valence-electron chi connectivity index (χ3n) is 2.11.